The minimum Gasteiger partial charge on any atom is -0.469 e. The number of furan rings is 1. The number of aryl methyl sites for hydroxylation is 1. The lowest BCUT2D eigenvalue weighted by Crippen LogP contribution is -2.47. The largest absolute Gasteiger partial charge is 0.469 e. The Bertz CT molecular complexity index is 433. The lowest BCUT2D eigenvalue weighted by atomic mass is 9.73. The maximum Gasteiger partial charge on any atom is 0.230 e. The van der Waals surface area contributed by atoms with Crippen LogP contribution >= 0.6 is 0 Å². The predicted octanol–water partition coefficient (Wildman–Crippen LogP) is 2.46. The Balaban J connectivity index is 2.07. The molecule has 1 aliphatic rings. The summed E-state index contributed by atoms with van der Waals surface area (Å²) in [5.41, 5.74) is 6.65. The van der Waals surface area contributed by atoms with Gasteiger partial charge >= 0.3 is 0 Å². The highest BCUT2D eigenvalue weighted by atomic mass is 16.3. The first-order chi connectivity index (χ1) is 9.09. The lowest BCUT2D eigenvalue weighted by Gasteiger charge is -2.37. The van der Waals surface area contributed by atoms with E-state index in [0.717, 1.165) is 37.0 Å². The van der Waals surface area contributed by atoms with E-state index in [1.165, 1.54) is 6.42 Å². The van der Waals surface area contributed by atoms with Crippen molar-refractivity contribution in [3.8, 4) is 0 Å². The van der Waals surface area contributed by atoms with Crippen molar-refractivity contribution in [2.45, 2.75) is 45.6 Å². The maximum atomic E-state index is 12.7. The van der Waals surface area contributed by atoms with Crippen LogP contribution in [0.15, 0.2) is 16.7 Å². The van der Waals surface area contributed by atoms with Gasteiger partial charge < -0.3 is 15.1 Å². The van der Waals surface area contributed by atoms with E-state index >= 15 is 0 Å². The molecule has 0 atom stereocenters. The van der Waals surface area contributed by atoms with Crippen molar-refractivity contribution >= 4 is 5.91 Å². The topological polar surface area (TPSA) is 59.5 Å². The number of carbonyl (C=O) groups excluding carboxylic acids is 1. The predicted molar refractivity (Wildman–Crippen MR) is 74.5 cm³/mol. The van der Waals surface area contributed by atoms with Crippen molar-refractivity contribution in [1.29, 1.82) is 0 Å². The van der Waals surface area contributed by atoms with Crippen LogP contribution in [0, 0.1) is 12.3 Å². The third-order valence-electron chi connectivity index (χ3n) is 4.38. The molecular weight excluding hydrogens is 240 g/mol. The summed E-state index contributed by atoms with van der Waals surface area (Å²) in [6.45, 7) is 2.98. The smallest absolute Gasteiger partial charge is 0.230 e. The van der Waals surface area contributed by atoms with Crippen molar-refractivity contribution in [3.05, 3.63) is 23.7 Å². The Morgan fingerprint density at radius 2 is 2.11 bits per heavy atom. The number of rotatable bonds is 4. The Morgan fingerprint density at radius 1 is 1.42 bits per heavy atom. The molecule has 1 fully saturated rings. The zero-order valence-electron chi connectivity index (χ0n) is 11.9. The third kappa shape index (κ3) is 2.84. The van der Waals surface area contributed by atoms with Gasteiger partial charge in [-0.1, -0.05) is 19.3 Å². The monoisotopic (exact) mass is 264 g/mol. The fourth-order valence-corrected chi connectivity index (χ4v) is 3.04. The second-order valence-corrected chi connectivity index (χ2v) is 5.71. The SMILES string of the molecule is Cc1occc1CN(C)C(=O)C1(CN)CCCCC1. The summed E-state index contributed by atoms with van der Waals surface area (Å²) in [6.07, 6.45) is 6.97. The van der Waals surface area contributed by atoms with E-state index in [9.17, 15) is 4.79 Å². The van der Waals surface area contributed by atoms with Gasteiger partial charge in [0.05, 0.1) is 11.7 Å². The van der Waals surface area contributed by atoms with E-state index in [-0.39, 0.29) is 11.3 Å². The van der Waals surface area contributed by atoms with E-state index < -0.39 is 0 Å². The number of nitrogens with zero attached hydrogens (tertiary/aromatic N) is 1. The number of amides is 1. The van der Waals surface area contributed by atoms with Gasteiger partial charge in [0.15, 0.2) is 0 Å². The Hall–Kier alpha value is -1.29. The van der Waals surface area contributed by atoms with Gasteiger partial charge in [0.2, 0.25) is 5.91 Å². The number of hydrogen-bond donors (Lipinski definition) is 1. The van der Waals surface area contributed by atoms with Gasteiger partial charge in [-0.15, -0.1) is 0 Å². The molecule has 2 rings (SSSR count). The second-order valence-electron chi connectivity index (χ2n) is 5.71. The van der Waals surface area contributed by atoms with Crippen LogP contribution in [0.4, 0.5) is 0 Å². The van der Waals surface area contributed by atoms with Gasteiger partial charge in [-0.3, -0.25) is 4.79 Å². The van der Waals surface area contributed by atoms with Crippen LogP contribution in [0.5, 0.6) is 0 Å². The molecule has 0 radical (unpaired) electrons. The van der Waals surface area contributed by atoms with E-state index in [0.29, 0.717) is 13.1 Å². The summed E-state index contributed by atoms with van der Waals surface area (Å²) in [7, 11) is 1.86. The van der Waals surface area contributed by atoms with Crippen molar-refractivity contribution in [1.82, 2.24) is 4.90 Å². The quantitative estimate of drug-likeness (QED) is 0.908. The molecule has 1 amide bonds. The second kappa shape index (κ2) is 5.78. The fraction of sp³-hybridized carbons (Fsp3) is 0.667. The zero-order valence-corrected chi connectivity index (χ0v) is 11.9. The molecular formula is C15H24N2O2. The summed E-state index contributed by atoms with van der Waals surface area (Å²) >= 11 is 0. The summed E-state index contributed by atoms with van der Waals surface area (Å²) in [4.78, 5) is 14.5. The number of carbonyl (C=O) groups is 1. The van der Waals surface area contributed by atoms with Crippen LogP contribution < -0.4 is 5.73 Å². The molecule has 2 N–H and O–H groups in total. The third-order valence-corrected chi connectivity index (χ3v) is 4.38. The average Bonchev–Trinajstić information content (AvgIpc) is 2.84. The van der Waals surface area contributed by atoms with Crippen molar-refractivity contribution in [3.63, 3.8) is 0 Å². The molecule has 0 spiro atoms. The van der Waals surface area contributed by atoms with E-state index in [4.69, 9.17) is 10.2 Å². The average molecular weight is 264 g/mol. The van der Waals surface area contributed by atoms with Crippen LogP contribution in [0.3, 0.4) is 0 Å². The van der Waals surface area contributed by atoms with Gasteiger partial charge in [-0.25, -0.2) is 0 Å². The van der Waals surface area contributed by atoms with Gasteiger partial charge in [-0.05, 0) is 25.8 Å². The minimum absolute atomic E-state index is 0.190. The van der Waals surface area contributed by atoms with E-state index in [1.807, 2.05) is 20.0 Å². The Labute approximate surface area is 114 Å². The molecule has 0 aromatic carbocycles. The molecule has 1 aromatic heterocycles. The fourth-order valence-electron chi connectivity index (χ4n) is 3.04. The highest BCUT2D eigenvalue weighted by molar-refractivity contribution is 5.83. The van der Waals surface area contributed by atoms with Gasteiger partial charge in [-0.2, -0.15) is 0 Å². The van der Waals surface area contributed by atoms with Crippen molar-refractivity contribution < 1.29 is 9.21 Å². The lowest BCUT2D eigenvalue weighted by molar-refractivity contribution is -0.142. The molecule has 0 bridgehead atoms. The standard InChI is InChI=1S/C15H24N2O2/c1-12-13(6-9-19-12)10-17(2)14(18)15(11-16)7-4-3-5-8-15/h6,9H,3-5,7-8,10-11,16H2,1-2H3. The number of nitrogens with two attached hydrogens (primary N) is 1. The summed E-state index contributed by atoms with van der Waals surface area (Å²) in [5, 5.41) is 0. The highest BCUT2D eigenvalue weighted by Crippen LogP contribution is 2.37. The van der Waals surface area contributed by atoms with Crippen LogP contribution in [0.1, 0.15) is 43.4 Å². The molecule has 0 unspecified atom stereocenters. The molecule has 19 heavy (non-hydrogen) atoms. The van der Waals surface area contributed by atoms with Crippen LogP contribution in [-0.2, 0) is 11.3 Å². The Morgan fingerprint density at radius 3 is 2.63 bits per heavy atom. The minimum atomic E-state index is -0.329. The molecule has 4 heteroatoms. The molecule has 1 heterocycles. The van der Waals surface area contributed by atoms with Crippen LogP contribution in [0.2, 0.25) is 0 Å². The first kappa shape index (κ1) is 14.1. The molecule has 4 nitrogen and oxygen atoms in total. The summed E-state index contributed by atoms with van der Waals surface area (Å²) in [6, 6.07) is 1.93. The normalized spacial score (nSPS) is 18.3. The molecule has 0 saturated heterocycles. The van der Waals surface area contributed by atoms with E-state index in [1.54, 1.807) is 11.2 Å². The van der Waals surface area contributed by atoms with E-state index in [2.05, 4.69) is 0 Å². The van der Waals surface area contributed by atoms with Gasteiger partial charge in [0.25, 0.3) is 0 Å². The molecule has 0 aliphatic heterocycles. The molecule has 1 saturated carbocycles. The van der Waals surface area contributed by atoms with Crippen molar-refractivity contribution in [2.75, 3.05) is 13.6 Å². The zero-order chi connectivity index (χ0) is 13.9. The Kier molecular flexibility index (Phi) is 4.30. The molecule has 1 aromatic rings. The number of hydrogen-bond acceptors (Lipinski definition) is 3. The molecule has 1 aliphatic carbocycles. The molecule has 106 valence electrons. The van der Waals surface area contributed by atoms with Crippen molar-refractivity contribution in [2.24, 2.45) is 11.1 Å². The maximum absolute atomic E-state index is 12.7. The summed E-state index contributed by atoms with van der Waals surface area (Å²) in [5.74, 6) is 1.07. The summed E-state index contributed by atoms with van der Waals surface area (Å²) < 4.78 is 5.28. The highest BCUT2D eigenvalue weighted by Gasteiger charge is 2.39. The first-order valence-electron chi connectivity index (χ1n) is 7.08. The van der Waals surface area contributed by atoms with Gasteiger partial charge in [0, 0.05) is 25.7 Å². The van der Waals surface area contributed by atoms with Crippen LogP contribution in [0.25, 0.3) is 0 Å². The van der Waals surface area contributed by atoms with Gasteiger partial charge in [0.1, 0.15) is 5.76 Å². The first-order valence-corrected chi connectivity index (χ1v) is 7.08. The van der Waals surface area contributed by atoms with Crippen LogP contribution in [-0.4, -0.2) is 24.4 Å².